The van der Waals surface area contributed by atoms with Gasteiger partial charge in [0.15, 0.2) is 0 Å². The molecule has 0 saturated carbocycles. The van der Waals surface area contributed by atoms with E-state index in [0.29, 0.717) is 31.2 Å². The Hall–Kier alpha value is -3.10. The molecule has 1 N–H and O–H groups in total. The zero-order valence-electron chi connectivity index (χ0n) is 17.2. The summed E-state index contributed by atoms with van der Waals surface area (Å²) in [5, 5.41) is 9.43. The number of nitrogens with one attached hydrogen (secondary N) is 1. The number of hydrogen-bond donors (Lipinski definition) is 1. The fourth-order valence-corrected chi connectivity index (χ4v) is 4.65. The topological polar surface area (TPSA) is 81.9 Å². The molecule has 0 spiro atoms. The lowest BCUT2D eigenvalue weighted by molar-refractivity contribution is 0.0940. The number of nitrogens with zero attached hydrogens (tertiary/aromatic N) is 4. The number of amides is 1. The molecular formula is C23H23N5O2S. The van der Waals surface area contributed by atoms with E-state index in [9.17, 15) is 4.79 Å². The maximum Gasteiger partial charge on any atom is 0.269 e. The highest BCUT2D eigenvalue weighted by Crippen LogP contribution is 2.27. The Morgan fingerprint density at radius 1 is 1.29 bits per heavy atom. The number of aromatic nitrogens is 4. The first-order chi connectivity index (χ1) is 15.2. The second-order valence-corrected chi connectivity index (χ2v) is 8.76. The van der Waals surface area contributed by atoms with Crippen LogP contribution in [0.3, 0.4) is 0 Å². The van der Waals surface area contributed by atoms with Crippen molar-refractivity contribution < 1.29 is 9.53 Å². The summed E-state index contributed by atoms with van der Waals surface area (Å²) in [5.74, 6) is 0.252. The zero-order valence-corrected chi connectivity index (χ0v) is 18.1. The molecule has 1 saturated heterocycles. The van der Waals surface area contributed by atoms with Crippen molar-refractivity contribution in [2.75, 3.05) is 19.8 Å². The van der Waals surface area contributed by atoms with Crippen molar-refractivity contribution in [1.82, 2.24) is 25.1 Å². The van der Waals surface area contributed by atoms with Crippen LogP contribution >= 0.6 is 11.3 Å². The maximum atomic E-state index is 12.7. The first-order valence-electron chi connectivity index (χ1n) is 10.3. The normalized spacial score (nSPS) is 16.1. The SMILES string of the molecule is Cn1ccc(-c2ccc(Cc3cc(C(=O)NCC4CCOC4)nc4ccsc34)cn2)n1. The van der Waals surface area contributed by atoms with Crippen molar-refractivity contribution in [2.45, 2.75) is 12.8 Å². The van der Waals surface area contributed by atoms with Crippen LogP contribution < -0.4 is 5.32 Å². The number of fused-ring (bicyclic) bond motifs is 1. The number of carbonyl (C=O) groups excluding carboxylic acids is 1. The van der Waals surface area contributed by atoms with Gasteiger partial charge in [-0.05, 0) is 47.2 Å². The van der Waals surface area contributed by atoms with Crippen LogP contribution in [0.25, 0.3) is 21.6 Å². The van der Waals surface area contributed by atoms with Gasteiger partial charge >= 0.3 is 0 Å². The molecule has 1 unspecified atom stereocenters. The van der Waals surface area contributed by atoms with Crippen molar-refractivity contribution >= 4 is 27.5 Å². The van der Waals surface area contributed by atoms with Gasteiger partial charge < -0.3 is 10.1 Å². The molecule has 0 aromatic carbocycles. The Kier molecular flexibility index (Phi) is 5.48. The van der Waals surface area contributed by atoms with Crippen molar-refractivity contribution in [3.63, 3.8) is 0 Å². The van der Waals surface area contributed by atoms with Gasteiger partial charge in [-0.25, -0.2) is 4.98 Å². The predicted molar refractivity (Wildman–Crippen MR) is 120 cm³/mol. The van der Waals surface area contributed by atoms with E-state index in [0.717, 1.165) is 45.8 Å². The van der Waals surface area contributed by atoms with Crippen LogP contribution in [0.4, 0.5) is 0 Å². The summed E-state index contributed by atoms with van der Waals surface area (Å²) in [6, 6.07) is 9.88. The molecule has 1 fully saturated rings. The van der Waals surface area contributed by atoms with Gasteiger partial charge in [0.1, 0.15) is 11.4 Å². The molecule has 0 bridgehead atoms. The van der Waals surface area contributed by atoms with E-state index in [1.807, 2.05) is 49.1 Å². The Morgan fingerprint density at radius 3 is 2.97 bits per heavy atom. The summed E-state index contributed by atoms with van der Waals surface area (Å²) < 4.78 is 8.26. The molecule has 158 valence electrons. The quantitative estimate of drug-likeness (QED) is 0.504. The number of carbonyl (C=O) groups is 1. The van der Waals surface area contributed by atoms with E-state index in [4.69, 9.17) is 4.74 Å². The highest BCUT2D eigenvalue weighted by Gasteiger charge is 2.18. The summed E-state index contributed by atoms with van der Waals surface area (Å²) >= 11 is 1.65. The third-order valence-corrected chi connectivity index (χ3v) is 6.47. The zero-order chi connectivity index (χ0) is 21.2. The average Bonchev–Trinajstić information content (AvgIpc) is 3.54. The summed E-state index contributed by atoms with van der Waals surface area (Å²) in [6.45, 7) is 2.11. The largest absolute Gasteiger partial charge is 0.381 e. The highest BCUT2D eigenvalue weighted by molar-refractivity contribution is 7.17. The van der Waals surface area contributed by atoms with Crippen molar-refractivity contribution in [3.8, 4) is 11.4 Å². The molecule has 8 heteroatoms. The predicted octanol–water partition coefficient (Wildman–Crippen LogP) is 3.45. The van der Waals surface area contributed by atoms with E-state index in [1.54, 1.807) is 16.0 Å². The van der Waals surface area contributed by atoms with Crippen LogP contribution in [0.5, 0.6) is 0 Å². The molecule has 1 atom stereocenters. The Bertz CT molecular complexity index is 1210. The number of rotatable bonds is 6. The van der Waals surface area contributed by atoms with Gasteiger partial charge in [0.05, 0.1) is 22.5 Å². The van der Waals surface area contributed by atoms with E-state index in [-0.39, 0.29) is 5.91 Å². The van der Waals surface area contributed by atoms with Crippen LogP contribution in [-0.4, -0.2) is 45.4 Å². The minimum Gasteiger partial charge on any atom is -0.381 e. The highest BCUT2D eigenvalue weighted by atomic mass is 32.1. The lowest BCUT2D eigenvalue weighted by atomic mass is 10.0. The van der Waals surface area contributed by atoms with Crippen molar-refractivity contribution in [1.29, 1.82) is 0 Å². The third kappa shape index (κ3) is 4.35. The van der Waals surface area contributed by atoms with Crippen LogP contribution in [0.2, 0.25) is 0 Å². The molecular weight excluding hydrogens is 410 g/mol. The van der Waals surface area contributed by atoms with E-state index < -0.39 is 0 Å². The lowest BCUT2D eigenvalue weighted by Crippen LogP contribution is -2.30. The molecule has 4 aromatic heterocycles. The molecule has 7 nitrogen and oxygen atoms in total. The second-order valence-electron chi connectivity index (χ2n) is 7.84. The third-order valence-electron chi connectivity index (χ3n) is 5.49. The number of pyridine rings is 2. The lowest BCUT2D eigenvalue weighted by Gasteiger charge is -2.11. The minimum absolute atomic E-state index is 0.134. The minimum atomic E-state index is -0.134. The molecule has 5 rings (SSSR count). The van der Waals surface area contributed by atoms with Crippen LogP contribution in [0.15, 0.2) is 48.1 Å². The molecule has 5 heterocycles. The molecule has 0 radical (unpaired) electrons. The first kappa shape index (κ1) is 19.8. The molecule has 0 aliphatic carbocycles. The van der Waals surface area contributed by atoms with Crippen LogP contribution in [0, 0.1) is 5.92 Å². The molecule has 1 amide bonds. The molecule has 1 aliphatic heterocycles. The van der Waals surface area contributed by atoms with Gasteiger partial charge in [0.2, 0.25) is 0 Å². The fraction of sp³-hybridized carbons (Fsp3) is 0.304. The standard InChI is InChI=1S/C23H23N5O2S/c1-28-7-4-19(27-28)18-3-2-15(12-24-18)10-17-11-21(26-20-6-9-31-22(17)20)23(29)25-13-16-5-8-30-14-16/h2-4,6-7,9,11-12,16H,5,8,10,13-14H2,1H3,(H,25,29). The van der Waals surface area contributed by atoms with Crippen LogP contribution in [0.1, 0.15) is 28.0 Å². The maximum absolute atomic E-state index is 12.7. The summed E-state index contributed by atoms with van der Waals surface area (Å²) in [5.41, 5.74) is 5.17. The summed E-state index contributed by atoms with van der Waals surface area (Å²) in [6.07, 6.45) is 5.46. The van der Waals surface area contributed by atoms with Gasteiger partial charge in [-0.2, -0.15) is 5.10 Å². The summed E-state index contributed by atoms with van der Waals surface area (Å²) in [7, 11) is 1.89. The van der Waals surface area contributed by atoms with Gasteiger partial charge in [-0.3, -0.25) is 14.5 Å². The van der Waals surface area contributed by atoms with E-state index >= 15 is 0 Å². The van der Waals surface area contributed by atoms with Gasteiger partial charge in [-0.15, -0.1) is 11.3 Å². The first-order valence-corrected chi connectivity index (χ1v) is 11.2. The van der Waals surface area contributed by atoms with Crippen molar-refractivity contribution in [2.24, 2.45) is 13.0 Å². The van der Waals surface area contributed by atoms with E-state index in [1.165, 1.54) is 0 Å². The fourth-order valence-electron chi connectivity index (χ4n) is 3.80. The molecule has 4 aromatic rings. The summed E-state index contributed by atoms with van der Waals surface area (Å²) in [4.78, 5) is 21.9. The van der Waals surface area contributed by atoms with Gasteiger partial charge in [0.25, 0.3) is 5.91 Å². The van der Waals surface area contributed by atoms with E-state index in [2.05, 4.69) is 26.4 Å². The smallest absolute Gasteiger partial charge is 0.269 e. The Balaban J connectivity index is 1.36. The number of ether oxygens (including phenoxy) is 1. The number of hydrogen-bond acceptors (Lipinski definition) is 6. The van der Waals surface area contributed by atoms with Crippen molar-refractivity contribution in [3.05, 3.63) is 64.9 Å². The van der Waals surface area contributed by atoms with Gasteiger partial charge in [0, 0.05) is 44.9 Å². The van der Waals surface area contributed by atoms with Crippen LogP contribution in [-0.2, 0) is 18.2 Å². The molecule has 31 heavy (non-hydrogen) atoms. The number of aryl methyl sites for hydroxylation is 1. The Morgan fingerprint density at radius 2 is 2.23 bits per heavy atom. The molecule has 1 aliphatic rings. The monoisotopic (exact) mass is 433 g/mol. The number of thiophene rings is 1. The van der Waals surface area contributed by atoms with Gasteiger partial charge in [-0.1, -0.05) is 6.07 Å². The Labute approximate surface area is 184 Å². The second kappa shape index (κ2) is 8.56. The average molecular weight is 434 g/mol.